The molecule has 5 nitrogen and oxygen atoms in total. The summed E-state index contributed by atoms with van der Waals surface area (Å²) in [6.45, 7) is 0. The molecule has 0 saturated heterocycles. The predicted molar refractivity (Wildman–Crippen MR) is 57.4 cm³/mol. The molecule has 0 unspecified atom stereocenters. The summed E-state index contributed by atoms with van der Waals surface area (Å²) in [6, 6.07) is 5.14. The molecule has 1 heterocycles. The zero-order chi connectivity index (χ0) is 10.8. The summed E-state index contributed by atoms with van der Waals surface area (Å²) in [5, 5.41) is 0. The van der Waals surface area contributed by atoms with Gasteiger partial charge in [-0.25, -0.2) is 4.79 Å². The number of nitrogens with two attached hydrogens (primary N) is 1. The average Bonchev–Trinajstić information content (AvgIpc) is 2.64. The molecule has 1 aromatic carbocycles. The van der Waals surface area contributed by atoms with Crippen molar-refractivity contribution in [2.45, 2.75) is 0 Å². The second-order valence-corrected chi connectivity index (χ2v) is 3.07. The minimum atomic E-state index is -0.223. The lowest BCUT2D eigenvalue weighted by molar-refractivity contribution is 0.412. The monoisotopic (exact) mass is 205 g/mol. The summed E-state index contributed by atoms with van der Waals surface area (Å²) in [5.74, 6) is 0.603. The van der Waals surface area contributed by atoms with E-state index in [1.165, 1.54) is 4.57 Å². The number of aromatic nitrogens is 2. The van der Waals surface area contributed by atoms with Crippen molar-refractivity contribution in [1.29, 1.82) is 0 Å². The summed E-state index contributed by atoms with van der Waals surface area (Å²) in [5.41, 5.74) is 6.64. The number of imidazole rings is 1. The summed E-state index contributed by atoms with van der Waals surface area (Å²) in [7, 11) is 1.55. The fraction of sp³-hybridized carbons (Fsp3) is 0.100. The summed E-state index contributed by atoms with van der Waals surface area (Å²) in [6.07, 6.45) is 3.19. The number of H-pyrrole nitrogens is 1. The van der Waals surface area contributed by atoms with Gasteiger partial charge in [-0.15, -0.1) is 0 Å². The Morgan fingerprint density at radius 1 is 1.47 bits per heavy atom. The molecule has 2 rings (SSSR count). The molecule has 5 heteroatoms. The number of nitrogen functional groups attached to an aromatic ring is 1. The fourth-order valence-electron chi connectivity index (χ4n) is 1.41. The van der Waals surface area contributed by atoms with Gasteiger partial charge in [0, 0.05) is 18.1 Å². The molecule has 2 aromatic rings. The predicted octanol–water partition coefficient (Wildman–Crippen LogP) is 0.756. The Morgan fingerprint density at radius 2 is 2.27 bits per heavy atom. The van der Waals surface area contributed by atoms with Crippen LogP contribution in [0.25, 0.3) is 5.69 Å². The van der Waals surface area contributed by atoms with E-state index in [9.17, 15) is 4.79 Å². The van der Waals surface area contributed by atoms with Crippen LogP contribution in [0.2, 0.25) is 0 Å². The normalized spacial score (nSPS) is 10.2. The highest BCUT2D eigenvalue weighted by Crippen LogP contribution is 2.23. The lowest BCUT2D eigenvalue weighted by atomic mass is 10.2. The van der Waals surface area contributed by atoms with E-state index in [0.717, 1.165) is 0 Å². The van der Waals surface area contributed by atoms with Gasteiger partial charge >= 0.3 is 5.69 Å². The molecule has 0 spiro atoms. The van der Waals surface area contributed by atoms with Gasteiger partial charge in [0.1, 0.15) is 5.75 Å². The van der Waals surface area contributed by atoms with Crippen LogP contribution in [-0.4, -0.2) is 16.7 Å². The van der Waals surface area contributed by atoms with Crippen molar-refractivity contribution < 1.29 is 4.74 Å². The number of nitrogens with zero attached hydrogens (tertiary/aromatic N) is 1. The van der Waals surface area contributed by atoms with E-state index in [-0.39, 0.29) is 5.69 Å². The molecule has 15 heavy (non-hydrogen) atoms. The van der Waals surface area contributed by atoms with Crippen molar-refractivity contribution >= 4 is 5.69 Å². The molecule has 0 bridgehead atoms. The average molecular weight is 205 g/mol. The smallest absolute Gasteiger partial charge is 0.330 e. The number of aromatic amines is 1. The summed E-state index contributed by atoms with van der Waals surface area (Å²) < 4.78 is 6.59. The van der Waals surface area contributed by atoms with E-state index in [1.54, 1.807) is 37.7 Å². The van der Waals surface area contributed by atoms with Gasteiger partial charge in [-0.1, -0.05) is 0 Å². The van der Waals surface area contributed by atoms with Gasteiger partial charge in [0.05, 0.1) is 12.8 Å². The molecule has 0 aliphatic carbocycles. The van der Waals surface area contributed by atoms with Crippen LogP contribution in [0.1, 0.15) is 0 Å². The number of hydrogen-bond acceptors (Lipinski definition) is 3. The van der Waals surface area contributed by atoms with Crippen molar-refractivity contribution in [3.63, 3.8) is 0 Å². The lowest BCUT2D eigenvalue weighted by Crippen LogP contribution is -2.15. The highest BCUT2D eigenvalue weighted by Gasteiger charge is 2.07. The minimum Gasteiger partial charge on any atom is -0.495 e. The standard InChI is InChI=1S/C10H11N3O2/c1-15-9-3-2-7(11)6-8(9)13-5-4-12-10(13)14/h2-6H,11H2,1H3,(H,12,14). The maximum atomic E-state index is 11.4. The number of benzene rings is 1. The Labute approximate surface area is 86.1 Å². The maximum absolute atomic E-state index is 11.4. The molecule has 3 N–H and O–H groups in total. The SMILES string of the molecule is COc1ccc(N)cc1-n1cc[nH]c1=O. The van der Waals surface area contributed by atoms with Gasteiger partial charge in [0.15, 0.2) is 0 Å². The fourth-order valence-corrected chi connectivity index (χ4v) is 1.41. The lowest BCUT2D eigenvalue weighted by Gasteiger charge is -2.08. The molecule has 0 aliphatic rings. The van der Waals surface area contributed by atoms with Crippen molar-refractivity contribution in [2.24, 2.45) is 0 Å². The van der Waals surface area contributed by atoms with E-state index in [4.69, 9.17) is 10.5 Å². The second kappa shape index (κ2) is 3.53. The Kier molecular flexibility index (Phi) is 2.21. The maximum Gasteiger partial charge on any atom is 0.330 e. The van der Waals surface area contributed by atoms with Gasteiger partial charge in [-0.05, 0) is 18.2 Å². The third kappa shape index (κ3) is 1.59. The Morgan fingerprint density at radius 3 is 2.87 bits per heavy atom. The molecule has 78 valence electrons. The number of nitrogens with one attached hydrogen (secondary N) is 1. The third-order valence-electron chi connectivity index (χ3n) is 2.11. The topological polar surface area (TPSA) is 73.0 Å². The zero-order valence-corrected chi connectivity index (χ0v) is 8.23. The number of ether oxygens (including phenoxy) is 1. The van der Waals surface area contributed by atoms with Crippen LogP contribution in [-0.2, 0) is 0 Å². The van der Waals surface area contributed by atoms with Crippen molar-refractivity contribution in [2.75, 3.05) is 12.8 Å². The summed E-state index contributed by atoms with van der Waals surface area (Å²) >= 11 is 0. The van der Waals surface area contributed by atoms with Crippen LogP contribution in [0, 0.1) is 0 Å². The molecule has 0 atom stereocenters. The molecular formula is C10H11N3O2. The first-order valence-electron chi connectivity index (χ1n) is 4.42. The zero-order valence-electron chi connectivity index (χ0n) is 8.23. The van der Waals surface area contributed by atoms with E-state index in [1.807, 2.05) is 0 Å². The molecule has 1 aromatic heterocycles. The molecule has 0 fully saturated rings. The first-order chi connectivity index (χ1) is 7.22. The Hall–Kier alpha value is -2.17. The van der Waals surface area contributed by atoms with Crippen LogP contribution >= 0.6 is 0 Å². The number of anilines is 1. The summed E-state index contributed by atoms with van der Waals surface area (Å²) in [4.78, 5) is 14.0. The minimum absolute atomic E-state index is 0.223. The molecule has 0 radical (unpaired) electrons. The van der Waals surface area contributed by atoms with Crippen LogP contribution in [0.5, 0.6) is 5.75 Å². The van der Waals surface area contributed by atoms with Crippen LogP contribution in [0.3, 0.4) is 0 Å². The Balaban J connectivity index is 2.66. The van der Waals surface area contributed by atoms with Gasteiger partial charge in [0.2, 0.25) is 0 Å². The largest absolute Gasteiger partial charge is 0.495 e. The van der Waals surface area contributed by atoms with E-state index < -0.39 is 0 Å². The number of rotatable bonds is 2. The van der Waals surface area contributed by atoms with Gasteiger partial charge < -0.3 is 15.5 Å². The number of hydrogen-bond donors (Lipinski definition) is 2. The van der Waals surface area contributed by atoms with Gasteiger partial charge in [0.25, 0.3) is 0 Å². The van der Waals surface area contributed by atoms with E-state index in [0.29, 0.717) is 17.1 Å². The van der Waals surface area contributed by atoms with Crippen LogP contribution in [0.15, 0.2) is 35.4 Å². The molecule has 0 aliphatic heterocycles. The first kappa shape index (κ1) is 9.39. The first-order valence-corrected chi connectivity index (χ1v) is 4.42. The van der Waals surface area contributed by atoms with Crippen LogP contribution < -0.4 is 16.2 Å². The third-order valence-corrected chi connectivity index (χ3v) is 2.11. The van der Waals surface area contributed by atoms with E-state index in [2.05, 4.69) is 4.98 Å². The molecule has 0 amide bonds. The Bertz CT molecular complexity index is 527. The molecular weight excluding hydrogens is 194 g/mol. The van der Waals surface area contributed by atoms with Gasteiger partial charge in [-0.3, -0.25) is 4.57 Å². The highest BCUT2D eigenvalue weighted by molar-refractivity contribution is 5.56. The van der Waals surface area contributed by atoms with Crippen LogP contribution in [0.4, 0.5) is 5.69 Å². The quantitative estimate of drug-likeness (QED) is 0.711. The second-order valence-electron chi connectivity index (χ2n) is 3.07. The highest BCUT2D eigenvalue weighted by atomic mass is 16.5. The van der Waals surface area contributed by atoms with E-state index >= 15 is 0 Å². The van der Waals surface area contributed by atoms with Gasteiger partial charge in [-0.2, -0.15) is 0 Å². The molecule has 0 saturated carbocycles. The van der Waals surface area contributed by atoms with Crippen molar-refractivity contribution in [3.8, 4) is 11.4 Å². The van der Waals surface area contributed by atoms with Crippen molar-refractivity contribution in [1.82, 2.24) is 9.55 Å². The van der Waals surface area contributed by atoms with Crippen molar-refractivity contribution in [3.05, 3.63) is 41.1 Å². The number of methoxy groups -OCH3 is 1.